The Labute approximate surface area is 114 Å². The molecule has 1 aliphatic rings. The maximum absolute atomic E-state index is 9.91. The molecule has 1 aliphatic heterocycles. The van der Waals surface area contributed by atoms with Crippen LogP contribution in [0.3, 0.4) is 0 Å². The zero-order chi connectivity index (χ0) is 12.7. The molecule has 0 aromatic carbocycles. The lowest BCUT2D eigenvalue weighted by Gasteiger charge is -2.12. The summed E-state index contributed by atoms with van der Waals surface area (Å²) in [5.74, 6) is 1.77. The first kappa shape index (κ1) is 12.0. The molecule has 0 aliphatic carbocycles. The van der Waals surface area contributed by atoms with Gasteiger partial charge >= 0.3 is 0 Å². The summed E-state index contributed by atoms with van der Waals surface area (Å²) in [6.45, 7) is 5.46. The summed E-state index contributed by atoms with van der Waals surface area (Å²) in [5, 5.41) is 9.91. The van der Waals surface area contributed by atoms with Crippen LogP contribution >= 0.6 is 15.9 Å². The van der Waals surface area contributed by atoms with Gasteiger partial charge in [-0.2, -0.15) is 0 Å². The molecule has 0 radical (unpaired) electrons. The van der Waals surface area contributed by atoms with Crippen LogP contribution in [0.25, 0.3) is 5.52 Å². The molecule has 0 amide bonds. The SMILES string of the molecule is CCN1CCC(c2nc(Br)c3c(O)cccn23)C1. The molecule has 1 atom stereocenters. The highest BCUT2D eigenvalue weighted by Crippen LogP contribution is 2.33. The molecular weight excluding hydrogens is 294 g/mol. The van der Waals surface area contributed by atoms with Crippen LogP contribution in [0.15, 0.2) is 22.9 Å². The van der Waals surface area contributed by atoms with Gasteiger partial charge in [-0.25, -0.2) is 4.98 Å². The molecule has 0 saturated carbocycles. The molecule has 1 saturated heterocycles. The number of likely N-dealkylation sites (tertiary alicyclic amines) is 1. The Morgan fingerprint density at radius 3 is 3.11 bits per heavy atom. The normalized spacial score (nSPS) is 20.9. The summed E-state index contributed by atoms with van der Waals surface area (Å²) in [4.78, 5) is 7.03. The van der Waals surface area contributed by atoms with Gasteiger partial charge in [0, 0.05) is 18.7 Å². The summed E-state index contributed by atoms with van der Waals surface area (Å²) in [7, 11) is 0. The van der Waals surface area contributed by atoms with Gasteiger partial charge in [-0.1, -0.05) is 6.92 Å². The molecule has 2 aromatic rings. The topological polar surface area (TPSA) is 40.8 Å². The van der Waals surface area contributed by atoms with Crippen molar-refractivity contribution in [1.29, 1.82) is 0 Å². The summed E-state index contributed by atoms with van der Waals surface area (Å²) < 4.78 is 2.73. The van der Waals surface area contributed by atoms with Gasteiger partial charge in [0.2, 0.25) is 0 Å². The van der Waals surface area contributed by atoms with E-state index in [2.05, 4.69) is 32.7 Å². The molecule has 18 heavy (non-hydrogen) atoms. The summed E-state index contributed by atoms with van der Waals surface area (Å²) >= 11 is 3.44. The molecule has 5 heteroatoms. The fourth-order valence-electron chi connectivity index (χ4n) is 2.72. The zero-order valence-corrected chi connectivity index (χ0v) is 11.9. The lowest BCUT2D eigenvalue weighted by molar-refractivity contribution is 0.352. The monoisotopic (exact) mass is 309 g/mol. The average Bonchev–Trinajstić information content (AvgIpc) is 2.94. The van der Waals surface area contributed by atoms with Crippen LogP contribution < -0.4 is 0 Å². The van der Waals surface area contributed by atoms with Crippen LogP contribution in [0, 0.1) is 0 Å². The zero-order valence-electron chi connectivity index (χ0n) is 10.3. The molecule has 1 unspecified atom stereocenters. The minimum absolute atomic E-state index is 0.272. The average molecular weight is 310 g/mol. The number of hydrogen-bond donors (Lipinski definition) is 1. The van der Waals surface area contributed by atoms with E-state index in [1.165, 1.54) is 0 Å². The van der Waals surface area contributed by atoms with E-state index in [1.54, 1.807) is 6.07 Å². The van der Waals surface area contributed by atoms with Crippen LogP contribution in [0.5, 0.6) is 5.75 Å². The van der Waals surface area contributed by atoms with E-state index in [4.69, 9.17) is 0 Å². The highest BCUT2D eigenvalue weighted by atomic mass is 79.9. The minimum Gasteiger partial charge on any atom is -0.506 e. The van der Waals surface area contributed by atoms with Crippen LogP contribution in [-0.2, 0) is 0 Å². The first-order valence-corrected chi connectivity index (χ1v) is 7.07. The highest BCUT2D eigenvalue weighted by Gasteiger charge is 2.27. The van der Waals surface area contributed by atoms with Crippen LogP contribution in [0.1, 0.15) is 25.1 Å². The van der Waals surface area contributed by atoms with E-state index >= 15 is 0 Å². The number of fused-ring (bicyclic) bond motifs is 1. The smallest absolute Gasteiger partial charge is 0.142 e. The van der Waals surface area contributed by atoms with Crippen molar-refractivity contribution in [3.05, 3.63) is 28.8 Å². The summed E-state index contributed by atoms with van der Waals surface area (Å²) in [6.07, 6.45) is 3.10. The Morgan fingerprint density at radius 1 is 1.56 bits per heavy atom. The Morgan fingerprint density at radius 2 is 2.39 bits per heavy atom. The van der Waals surface area contributed by atoms with Crippen molar-refractivity contribution in [2.24, 2.45) is 0 Å². The van der Waals surface area contributed by atoms with Crippen molar-refractivity contribution in [3.8, 4) is 5.75 Å². The van der Waals surface area contributed by atoms with Gasteiger partial charge < -0.3 is 10.0 Å². The largest absolute Gasteiger partial charge is 0.506 e. The molecular formula is C13H16BrN3O. The Bertz CT molecular complexity index is 581. The minimum atomic E-state index is 0.272. The summed E-state index contributed by atoms with van der Waals surface area (Å²) in [5.41, 5.74) is 0.766. The van der Waals surface area contributed by atoms with E-state index in [0.29, 0.717) is 5.92 Å². The van der Waals surface area contributed by atoms with Gasteiger partial charge in [0.15, 0.2) is 0 Å². The molecule has 1 fully saturated rings. The van der Waals surface area contributed by atoms with Crippen molar-refractivity contribution < 1.29 is 5.11 Å². The maximum Gasteiger partial charge on any atom is 0.142 e. The van der Waals surface area contributed by atoms with Gasteiger partial charge in [-0.05, 0) is 47.6 Å². The van der Waals surface area contributed by atoms with Crippen molar-refractivity contribution >= 4 is 21.4 Å². The van der Waals surface area contributed by atoms with E-state index in [1.807, 2.05) is 16.7 Å². The number of imidazole rings is 1. The number of nitrogens with zero attached hydrogens (tertiary/aromatic N) is 3. The number of hydrogen-bond acceptors (Lipinski definition) is 3. The van der Waals surface area contributed by atoms with E-state index < -0.39 is 0 Å². The lowest BCUT2D eigenvalue weighted by atomic mass is 10.1. The predicted octanol–water partition coefficient (Wildman–Crippen LogP) is 2.61. The fraction of sp³-hybridized carbons (Fsp3) is 0.462. The fourth-order valence-corrected chi connectivity index (χ4v) is 3.29. The van der Waals surface area contributed by atoms with Crippen LogP contribution in [-0.4, -0.2) is 39.0 Å². The number of rotatable bonds is 2. The summed E-state index contributed by atoms with van der Waals surface area (Å²) in [6, 6.07) is 3.55. The van der Waals surface area contributed by atoms with Crippen molar-refractivity contribution in [3.63, 3.8) is 0 Å². The molecule has 3 heterocycles. The Hall–Kier alpha value is -1.07. The predicted molar refractivity (Wildman–Crippen MR) is 74.0 cm³/mol. The van der Waals surface area contributed by atoms with Gasteiger partial charge in [0.05, 0.1) is 0 Å². The second-order valence-electron chi connectivity index (χ2n) is 4.75. The van der Waals surface area contributed by atoms with Crippen LogP contribution in [0.4, 0.5) is 0 Å². The van der Waals surface area contributed by atoms with E-state index in [0.717, 1.165) is 42.0 Å². The molecule has 96 valence electrons. The Kier molecular flexibility index (Phi) is 3.03. The third kappa shape index (κ3) is 1.82. The molecule has 0 bridgehead atoms. The standard InChI is InChI=1S/C13H16BrN3O/c1-2-16-7-5-9(8-16)13-15-12(14)11-10(18)4-3-6-17(11)13/h3-4,6,9,18H,2,5,7-8H2,1H3. The van der Waals surface area contributed by atoms with Gasteiger partial charge in [-0.3, -0.25) is 4.40 Å². The first-order chi connectivity index (χ1) is 8.70. The molecule has 1 N–H and O–H groups in total. The van der Waals surface area contributed by atoms with Gasteiger partial charge in [-0.15, -0.1) is 0 Å². The first-order valence-electron chi connectivity index (χ1n) is 6.28. The van der Waals surface area contributed by atoms with Gasteiger partial charge in [0.25, 0.3) is 0 Å². The Balaban J connectivity index is 2.06. The second-order valence-corrected chi connectivity index (χ2v) is 5.50. The number of halogens is 1. The highest BCUT2D eigenvalue weighted by molar-refractivity contribution is 9.10. The van der Waals surface area contributed by atoms with Crippen LogP contribution in [0.2, 0.25) is 0 Å². The number of pyridine rings is 1. The van der Waals surface area contributed by atoms with Crippen molar-refractivity contribution in [1.82, 2.24) is 14.3 Å². The van der Waals surface area contributed by atoms with Gasteiger partial charge in [0.1, 0.15) is 21.7 Å². The van der Waals surface area contributed by atoms with Crippen molar-refractivity contribution in [2.75, 3.05) is 19.6 Å². The lowest BCUT2D eigenvalue weighted by Crippen LogP contribution is -2.19. The number of aromatic nitrogens is 2. The second kappa shape index (κ2) is 4.55. The third-order valence-corrected chi connectivity index (χ3v) is 4.27. The molecule has 2 aromatic heterocycles. The maximum atomic E-state index is 9.91. The van der Waals surface area contributed by atoms with E-state index in [9.17, 15) is 5.11 Å². The van der Waals surface area contributed by atoms with E-state index in [-0.39, 0.29) is 5.75 Å². The van der Waals surface area contributed by atoms with Crippen molar-refractivity contribution in [2.45, 2.75) is 19.3 Å². The number of likely N-dealkylation sites (N-methyl/N-ethyl adjacent to an activating group) is 1. The molecule has 0 spiro atoms. The third-order valence-electron chi connectivity index (χ3n) is 3.71. The molecule has 4 nitrogen and oxygen atoms in total. The number of aromatic hydroxyl groups is 1. The molecule has 3 rings (SSSR count). The quantitative estimate of drug-likeness (QED) is 0.927.